The van der Waals surface area contributed by atoms with Crippen LogP contribution in [0.3, 0.4) is 0 Å². The highest BCUT2D eigenvalue weighted by molar-refractivity contribution is 6.37. The summed E-state index contributed by atoms with van der Waals surface area (Å²) in [6.07, 6.45) is -3.47. The van der Waals surface area contributed by atoms with Crippen LogP contribution in [0.1, 0.15) is 32.0 Å². The first-order valence-electron chi connectivity index (χ1n) is 9.84. The third-order valence-electron chi connectivity index (χ3n) is 5.30. The second-order valence-electron chi connectivity index (χ2n) is 7.57. The minimum Gasteiger partial charge on any atom is -0.406 e. The Balaban J connectivity index is 1.60. The van der Waals surface area contributed by atoms with Crippen molar-refractivity contribution >= 4 is 28.5 Å². The summed E-state index contributed by atoms with van der Waals surface area (Å²) in [7, 11) is 0. The van der Waals surface area contributed by atoms with E-state index in [-0.39, 0.29) is 16.9 Å². The van der Waals surface area contributed by atoms with E-state index in [1.807, 2.05) is 13.0 Å². The molecule has 4 aromatic rings. The SMILES string of the molecule is Cc1cccc(N2C(=O)c3cnc4c(c(C)nn4-c4ccc(OC(F)(F)F)cc4)c3C2=O)c1. The molecule has 1 aliphatic heterocycles. The van der Waals surface area contributed by atoms with Crippen molar-refractivity contribution in [2.75, 3.05) is 4.90 Å². The first-order chi connectivity index (χ1) is 15.6. The number of fused-ring (bicyclic) bond motifs is 3. The first kappa shape index (κ1) is 20.7. The van der Waals surface area contributed by atoms with Gasteiger partial charge in [-0.3, -0.25) is 9.59 Å². The van der Waals surface area contributed by atoms with E-state index < -0.39 is 18.2 Å². The number of ether oxygens (including phenoxy) is 1. The predicted octanol–water partition coefficient (Wildman–Crippen LogP) is 4.74. The lowest BCUT2D eigenvalue weighted by molar-refractivity contribution is -0.274. The van der Waals surface area contributed by atoms with Crippen LogP contribution in [-0.4, -0.2) is 32.9 Å². The van der Waals surface area contributed by atoms with Gasteiger partial charge >= 0.3 is 6.36 Å². The topological polar surface area (TPSA) is 77.3 Å². The quantitative estimate of drug-likeness (QED) is 0.420. The lowest BCUT2D eigenvalue weighted by Gasteiger charge is -2.14. The van der Waals surface area contributed by atoms with Crippen LogP contribution in [0.25, 0.3) is 16.7 Å². The zero-order valence-electron chi connectivity index (χ0n) is 17.3. The van der Waals surface area contributed by atoms with Gasteiger partial charge in [-0.05, 0) is 55.8 Å². The van der Waals surface area contributed by atoms with E-state index in [0.29, 0.717) is 28.1 Å². The monoisotopic (exact) mass is 452 g/mol. The largest absolute Gasteiger partial charge is 0.573 e. The zero-order chi connectivity index (χ0) is 23.5. The van der Waals surface area contributed by atoms with Crippen molar-refractivity contribution < 1.29 is 27.5 Å². The number of aromatic nitrogens is 3. The van der Waals surface area contributed by atoms with E-state index in [9.17, 15) is 22.8 Å². The molecule has 2 aromatic carbocycles. The molecule has 0 aliphatic carbocycles. The molecule has 0 radical (unpaired) electrons. The molecule has 10 heteroatoms. The van der Waals surface area contributed by atoms with Crippen molar-refractivity contribution in [1.82, 2.24) is 14.8 Å². The Morgan fingerprint density at radius 2 is 1.67 bits per heavy atom. The normalized spacial score (nSPS) is 13.7. The molecule has 0 atom stereocenters. The lowest BCUT2D eigenvalue weighted by atomic mass is 10.1. The van der Waals surface area contributed by atoms with Crippen LogP contribution in [0.15, 0.2) is 54.7 Å². The molecule has 0 unspecified atom stereocenters. The number of carbonyl (C=O) groups is 2. The summed E-state index contributed by atoms with van der Waals surface area (Å²) in [5, 5.41) is 4.84. The summed E-state index contributed by atoms with van der Waals surface area (Å²) in [6.45, 7) is 3.54. The number of carbonyl (C=O) groups excluding carboxylic acids is 2. The van der Waals surface area contributed by atoms with Gasteiger partial charge in [-0.2, -0.15) is 5.10 Å². The Morgan fingerprint density at radius 3 is 2.33 bits per heavy atom. The molecule has 5 rings (SSSR count). The van der Waals surface area contributed by atoms with Crippen LogP contribution in [0.2, 0.25) is 0 Å². The van der Waals surface area contributed by atoms with Gasteiger partial charge in [0.2, 0.25) is 0 Å². The average molecular weight is 452 g/mol. The van der Waals surface area contributed by atoms with Gasteiger partial charge in [0.1, 0.15) is 5.75 Å². The van der Waals surface area contributed by atoms with Crippen LogP contribution in [0.4, 0.5) is 18.9 Å². The van der Waals surface area contributed by atoms with Gasteiger partial charge < -0.3 is 4.74 Å². The van der Waals surface area contributed by atoms with Crippen molar-refractivity contribution in [3.63, 3.8) is 0 Å². The molecule has 3 heterocycles. The van der Waals surface area contributed by atoms with Gasteiger partial charge in [-0.1, -0.05) is 12.1 Å². The lowest BCUT2D eigenvalue weighted by Crippen LogP contribution is -2.29. The third-order valence-corrected chi connectivity index (χ3v) is 5.30. The van der Waals surface area contributed by atoms with E-state index >= 15 is 0 Å². The number of rotatable bonds is 3. The molecule has 0 spiro atoms. The van der Waals surface area contributed by atoms with E-state index in [2.05, 4.69) is 14.8 Å². The molecule has 166 valence electrons. The van der Waals surface area contributed by atoms with Gasteiger partial charge in [-0.25, -0.2) is 14.6 Å². The molecule has 1 aliphatic rings. The second-order valence-corrected chi connectivity index (χ2v) is 7.57. The molecular weight excluding hydrogens is 437 g/mol. The predicted molar refractivity (Wildman–Crippen MR) is 113 cm³/mol. The van der Waals surface area contributed by atoms with Crippen LogP contribution in [-0.2, 0) is 0 Å². The number of alkyl halides is 3. The fraction of sp³-hybridized carbons (Fsp3) is 0.130. The van der Waals surface area contributed by atoms with Crippen molar-refractivity contribution in [3.05, 3.63) is 77.1 Å². The van der Waals surface area contributed by atoms with Crippen LogP contribution < -0.4 is 9.64 Å². The van der Waals surface area contributed by atoms with E-state index in [0.717, 1.165) is 22.6 Å². The number of halogens is 3. The fourth-order valence-corrected chi connectivity index (χ4v) is 3.93. The summed E-state index contributed by atoms with van der Waals surface area (Å²) in [5.74, 6) is -1.33. The summed E-state index contributed by atoms with van der Waals surface area (Å²) < 4.78 is 42.6. The summed E-state index contributed by atoms with van der Waals surface area (Å²) in [4.78, 5) is 31.8. The van der Waals surface area contributed by atoms with E-state index in [1.165, 1.54) is 23.0 Å². The van der Waals surface area contributed by atoms with Crippen LogP contribution in [0.5, 0.6) is 5.75 Å². The Labute approximate surface area is 185 Å². The van der Waals surface area contributed by atoms with Crippen molar-refractivity contribution in [3.8, 4) is 11.4 Å². The molecule has 0 fully saturated rings. The van der Waals surface area contributed by atoms with Crippen molar-refractivity contribution in [2.24, 2.45) is 0 Å². The molecular formula is C23H15F3N4O3. The van der Waals surface area contributed by atoms with E-state index in [1.54, 1.807) is 25.1 Å². The summed E-state index contributed by atoms with van der Waals surface area (Å²) >= 11 is 0. The number of nitrogens with zero attached hydrogens (tertiary/aromatic N) is 4. The van der Waals surface area contributed by atoms with Gasteiger partial charge in [-0.15, -0.1) is 13.2 Å². The number of hydrogen-bond acceptors (Lipinski definition) is 5. The van der Waals surface area contributed by atoms with Crippen molar-refractivity contribution in [2.45, 2.75) is 20.2 Å². The molecule has 0 N–H and O–H groups in total. The van der Waals surface area contributed by atoms with Gasteiger partial charge in [0.25, 0.3) is 11.8 Å². The number of pyridine rings is 1. The second kappa shape index (κ2) is 7.16. The molecule has 0 saturated carbocycles. The van der Waals surface area contributed by atoms with Gasteiger partial charge in [0.15, 0.2) is 5.65 Å². The molecule has 7 nitrogen and oxygen atoms in total. The molecule has 33 heavy (non-hydrogen) atoms. The Kier molecular flexibility index (Phi) is 4.48. The number of benzene rings is 2. The molecule has 2 amide bonds. The number of anilines is 1. The van der Waals surface area contributed by atoms with Gasteiger partial charge in [0, 0.05) is 6.20 Å². The maximum Gasteiger partial charge on any atom is 0.573 e. The minimum atomic E-state index is -4.80. The standard InChI is InChI=1S/C23H15F3N4O3/c1-12-4-3-5-15(10-12)29-21(31)17-11-27-20-18(19(17)22(29)32)13(2)28-30(20)14-6-8-16(9-7-14)33-23(24,25)26/h3-11H,1-2H3. The maximum absolute atomic E-state index is 13.3. The van der Waals surface area contributed by atoms with Crippen LogP contribution in [0, 0.1) is 13.8 Å². The summed E-state index contributed by atoms with van der Waals surface area (Å²) in [5.41, 5.74) is 2.91. The fourth-order valence-electron chi connectivity index (χ4n) is 3.93. The highest BCUT2D eigenvalue weighted by Crippen LogP contribution is 2.35. The van der Waals surface area contributed by atoms with E-state index in [4.69, 9.17) is 0 Å². The van der Waals surface area contributed by atoms with Crippen molar-refractivity contribution in [1.29, 1.82) is 0 Å². The molecule has 0 saturated heterocycles. The Morgan fingerprint density at radius 1 is 0.939 bits per heavy atom. The van der Waals surface area contributed by atoms with Crippen LogP contribution >= 0.6 is 0 Å². The number of amides is 2. The smallest absolute Gasteiger partial charge is 0.406 e. The maximum atomic E-state index is 13.3. The third kappa shape index (κ3) is 3.39. The number of aryl methyl sites for hydroxylation is 2. The highest BCUT2D eigenvalue weighted by atomic mass is 19.4. The molecule has 2 aromatic heterocycles. The highest BCUT2D eigenvalue weighted by Gasteiger charge is 2.40. The first-order valence-corrected chi connectivity index (χ1v) is 9.84. The zero-order valence-corrected chi connectivity index (χ0v) is 17.3. The average Bonchev–Trinajstić information content (AvgIpc) is 3.21. The van der Waals surface area contributed by atoms with Gasteiger partial charge in [0.05, 0.1) is 33.6 Å². The Hall–Kier alpha value is -4.21. The minimum absolute atomic E-state index is 0.172. The number of imide groups is 1. The molecule has 0 bridgehead atoms. The summed E-state index contributed by atoms with van der Waals surface area (Å²) in [6, 6.07) is 12.2. The number of hydrogen-bond donors (Lipinski definition) is 0. The Bertz CT molecular complexity index is 1440.